The summed E-state index contributed by atoms with van der Waals surface area (Å²) in [6.45, 7) is 1.63. The minimum atomic E-state index is -0.100. The summed E-state index contributed by atoms with van der Waals surface area (Å²) in [5.41, 5.74) is 1.61. The molecule has 156 valence electrons. The van der Waals surface area contributed by atoms with Gasteiger partial charge in [0.2, 0.25) is 12.7 Å². The van der Waals surface area contributed by atoms with Gasteiger partial charge in [-0.2, -0.15) is 0 Å². The summed E-state index contributed by atoms with van der Waals surface area (Å²) < 4.78 is 12.4. The Hall–Kier alpha value is -3.32. The third-order valence-corrected chi connectivity index (χ3v) is 5.16. The Labute approximate surface area is 174 Å². The molecule has 0 bridgehead atoms. The van der Waals surface area contributed by atoms with Crippen LogP contribution in [0.5, 0.6) is 11.5 Å². The molecule has 0 unspecified atom stereocenters. The molecule has 0 saturated heterocycles. The average molecular weight is 407 g/mol. The van der Waals surface area contributed by atoms with Crippen LogP contribution in [0.3, 0.4) is 0 Å². The van der Waals surface area contributed by atoms with E-state index in [1.54, 1.807) is 22.9 Å². The van der Waals surface area contributed by atoms with Crippen LogP contribution >= 0.6 is 0 Å². The van der Waals surface area contributed by atoms with Gasteiger partial charge in [-0.15, -0.1) is 0 Å². The molecule has 0 atom stereocenters. The number of aryl methyl sites for hydroxylation is 1. The van der Waals surface area contributed by atoms with Gasteiger partial charge < -0.3 is 24.3 Å². The standard InChI is InChI=1S/C23H25N3O4/c1-25(2)12-13-26-11-10-17-18(23(26)28)4-3-5-19(17)24-22(27)9-7-16-6-8-20-21(14-16)30-15-29-20/h3-6,8,10-11,14H,7,9,12-13,15H2,1-2H3,(H,24,27). The van der Waals surface area contributed by atoms with Gasteiger partial charge in [-0.3, -0.25) is 9.59 Å². The number of fused-ring (bicyclic) bond motifs is 2. The van der Waals surface area contributed by atoms with Crippen molar-refractivity contribution in [2.45, 2.75) is 19.4 Å². The van der Waals surface area contributed by atoms with Crippen molar-refractivity contribution in [1.82, 2.24) is 9.47 Å². The zero-order valence-corrected chi connectivity index (χ0v) is 17.2. The van der Waals surface area contributed by atoms with Crippen molar-refractivity contribution in [2.75, 3.05) is 32.7 Å². The molecule has 7 nitrogen and oxygen atoms in total. The van der Waals surface area contributed by atoms with E-state index in [0.717, 1.165) is 23.2 Å². The van der Waals surface area contributed by atoms with Crippen LogP contribution in [0.4, 0.5) is 5.69 Å². The highest BCUT2D eigenvalue weighted by atomic mass is 16.7. The molecule has 1 aliphatic heterocycles. The van der Waals surface area contributed by atoms with E-state index in [1.807, 2.05) is 49.3 Å². The molecule has 1 aliphatic rings. The maximum atomic E-state index is 12.8. The fraction of sp³-hybridized carbons (Fsp3) is 0.304. The van der Waals surface area contributed by atoms with E-state index in [2.05, 4.69) is 5.32 Å². The minimum absolute atomic E-state index is 0.0502. The first-order chi connectivity index (χ1) is 14.5. The minimum Gasteiger partial charge on any atom is -0.454 e. The third kappa shape index (κ3) is 4.31. The third-order valence-electron chi connectivity index (χ3n) is 5.16. The van der Waals surface area contributed by atoms with Crippen LogP contribution in [0.2, 0.25) is 0 Å². The predicted octanol–water partition coefficient (Wildman–Crippen LogP) is 2.86. The van der Waals surface area contributed by atoms with Crippen molar-refractivity contribution in [3.63, 3.8) is 0 Å². The van der Waals surface area contributed by atoms with Crippen molar-refractivity contribution >= 4 is 22.4 Å². The lowest BCUT2D eigenvalue weighted by atomic mass is 10.1. The smallest absolute Gasteiger partial charge is 0.258 e. The highest BCUT2D eigenvalue weighted by molar-refractivity contribution is 6.01. The van der Waals surface area contributed by atoms with E-state index in [9.17, 15) is 9.59 Å². The number of aromatic nitrogens is 1. The molecular formula is C23H25N3O4. The number of hydrogen-bond acceptors (Lipinski definition) is 5. The highest BCUT2D eigenvalue weighted by Gasteiger charge is 2.14. The molecule has 30 heavy (non-hydrogen) atoms. The summed E-state index contributed by atoms with van der Waals surface area (Å²) in [6.07, 6.45) is 2.71. The van der Waals surface area contributed by atoms with Crippen LogP contribution in [0.1, 0.15) is 12.0 Å². The van der Waals surface area contributed by atoms with E-state index in [-0.39, 0.29) is 18.3 Å². The first-order valence-corrected chi connectivity index (χ1v) is 9.96. The van der Waals surface area contributed by atoms with Gasteiger partial charge in [0, 0.05) is 42.2 Å². The quantitative estimate of drug-likeness (QED) is 0.652. The van der Waals surface area contributed by atoms with Crippen LogP contribution < -0.4 is 20.3 Å². The maximum absolute atomic E-state index is 12.8. The second-order valence-electron chi connectivity index (χ2n) is 7.62. The summed E-state index contributed by atoms with van der Waals surface area (Å²) in [4.78, 5) is 27.4. The van der Waals surface area contributed by atoms with E-state index in [1.165, 1.54) is 0 Å². The number of nitrogens with one attached hydrogen (secondary N) is 1. The molecule has 0 saturated carbocycles. The van der Waals surface area contributed by atoms with E-state index in [4.69, 9.17) is 9.47 Å². The first kappa shape index (κ1) is 20.0. The fourth-order valence-corrected chi connectivity index (χ4v) is 3.48. The van der Waals surface area contributed by atoms with Crippen molar-refractivity contribution < 1.29 is 14.3 Å². The largest absolute Gasteiger partial charge is 0.454 e. The lowest BCUT2D eigenvalue weighted by Gasteiger charge is -2.13. The normalized spacial score (nSPS) is 12.5. The number of hydrogen-bond donors (Lipinski definition) is 1. The Morgan fingerprint density at radius 3 is 2.77 bits per heavy atom. The van der Waals surface area contributed by atoms with Crippen molar-refractivity contribution in [3.8, 4) is 11.5 Å². The first-order valence-electron chi connectivity index (χ1n) is 9.96. The summed E-state index contributed by atoms with van der Waals surface area (Å²) in [5, 5.41) is 4.30. The Kier molecular flexibility index (Phi) is 5.72. The van der Waals surface area contributed by atoms with E-state index >= 15 is 0 Å². The molecule has 0 spiro atoms. The number of nitrogens with zero attached hydrogens (tertiary/aromatic N) is 2. The molecule has 4 rings (SSSR count). The lowest BCUT2D eigenvalue weighted by Crippen LogP contribution is -2.26. The predicted molar refractivity (Wildman–Crippen MR) is 116 cm³/mol. The molecule has 1 aromatic heterocycles. The average Bonchev–Trinajstić information content (AvgIpc) is 3.20. The van der Waals surface area contributed by atoms with Gasteiger partial charge in [0.1, 0.15) is 0 Å². The van der Waals surface area contributed by atoms with Gasteiger partial charge in [-0.25, -0.2) is 0 Å². The van der Waals surface area contributed by atoms with Gasteiger partial charge in [-0.1, -0.05) is 12.1 Å². The van der Waals surface area contributed by atoms with Crippen molar-refractivity contribution in [2.24, 2.45) is 0 Å². The molecular weight excluding hydrogens is 382 g/mol. The Bertz CT molecular complexity index is 1140. The number of carbonyl (C=O) groups excluding carboxylic acids is 1. The lowest BCUT2D eigenvalue weighted by molar-refractivity contribution is -0.116. The van der Waals surface area contributed by atoms with Crippen LogP contribution in [0.25, 0.3) is 10.8 Å². The van der Waals surface area contributed by atoms with Crippen LogP contribution in [0.15, 0.2) is 53.5 Å². The molecule has 0 aliphatic carbocycles. The zero-order chi connectivity index (χ0) is 21.1. The number of carbonyl (C=O) groups is 1. The molecule has 3 aromatic rings. The van der Waals surface area contributed by atoms with Crippen LogP contribution in [0, 0.1) is 0 Å². The molecule has 2 aromatic carbocycles. The number of ether oxygens (including phenoxy) is 2. The Morgan fingerprint density at radius 1 is 1.10 bits per heavy atom. The monoisotopic (exact) mass is 407 g/mol. The van der Waals surface area contributed by atoms with Gasteiger partial charge in [0.05, 0.1) is 0 Å². The number of benzene rings is 2. The summed E-state index contributed by atoms with van der Waals surface area (Å²) in [5.74, 6) is 1.35. The number of likely N-dealkylation sites (N-methyl/N-ethyl adjacent to an activating group) is 1. The summed E-state index contributed by atoms with van der Waals surface area (Å²) in [7, 11) is 3.95. The fourth-order valence-electron chi connectivity index (χ4n) is 3.48. The number of anilines is 1. The molecule has 2 heterocycles. The SMILES string of the molecule is CN(C)CCn1ccc2c(NC(=O)CCc3ccc4c(c3)OCO4)cccc2c1=O. The van der Waals surface area contributed by atoms with E-state index < -0.39 is 0 Å². The van der Waals surface area contributed by atoms with Crippen LogP contribution in [-0.2, 0) is 17.8 Å². The summed E-state index contributed by atoms with van der Waals surface area (Å²) >= 11 is 0. The summed E-state index contributed by atoms with van der Waals surface area (Å²) in [6, 6.07) is 13.0. The van der Waals surface area contributed by atoms with Crippen molar-refractivity contribution in [3.05, 3.63) is 64.6 Å². The van der Waals surface area contributed by atoms with Gasteiger partial charge in [-0.05, 0) is 56.4 Å². The van der Waals surface area contributed by atoms with Gasteiger partial charge in [0.25, 0.3) is 5.56 Å². The Balaban J connectivity index is 1.46. The van der Waals surface area contributed by atoms with E-state index in [0.29, 0.717) is 36.2 Å². The topological polar surface area (TPSA) is 72.8 Å². The number of amides is 1. The second kappa shape index (κ2) is 8.59. The van der Waals surface area contributed by atoms with Crippen molar-refractivity contribution in [1.29, 1.82) is 0 Å². The maximum Gasteiger partial charge on any atom is 0.258 e. The number of pyridine rings is 1. The Morgan fingerprint density at radius 2 is 1.93 bits per heavy atom. The zero-order valence-electron chi connectivity index (χ0n) is 17.2. The van der Waals surface area contributed by atoms with Crippen LogP contribution in [-0.4, -0.2) is 42.8 Å². The highest BCUT2D eigenvalue weighted by Crippen LogP contribution is 2.32. The molecule has 1 amide bonds. The molecule has 0 radical (unpaired) electrons. The number of rotatable bonds is 7. The molecule has 0 fully saturated rings. The second-order valence-corrected chi connectivity index (χ2v) is 7.62. The molecule has 7 heteroatoms. The molecule has 1 N–H and O–H groups in total. The van der Waals surface area contributed by atoms with Gasteiger partial charge >= 0.3 is 0 Å². The van der Waals surface area contributed by atoms with Gasteiger partial charge in [0.15, 0.2) is 11.5 Å².